The molecule has 64 heavy (non-hydrogen) atoms. The molecule has 10 aromatic rings. The molecule has 7 nitrogen and oxygen atoms in total. The standard InChI is InChI=1S/C57H35N7/c1-58-41-29-25-35(26-30-41)42-21-11-14-24-47(42)57-63-54(38-19-9-4-10-20-38)62-56(64-57)40-28-32-46-49(34-40)51-44-23-13-12-22-43(44)50(46)48-33-39(27-31-45(48)51)55-60-52(36-15-5-2-6-16-36)59-53(61-55)37-17-7-3-8-18-37/h2-34,50-51H. The van der Waals surface area contributed by atoms with E-state index in [-0.39, 0.29) is 11.8 Å². The molecule has 0 aliphatic heterocycles. The normalized spacial score (nSPS) is 14.2. The van der Waals surface area contributed by atoms with Crippen LogP contribution in [0.25, 0.3) is 84.3 Å². The molecule has 2 unspecified atom stereocenters. The molecule has 13 rings (SSSR count). The Morgan fingerprint density at radius 2 is 0.625 bits per heavy atom. The van der Waals surface area contributed by atoms with E-state index < -0.39 is 0 Å². The topological polar surface area (TPSA) is 81.7 Å². The van der Waals surface area contributed by atoms with Crippen LogP contribution in [0, 0.1) is 6.57 Å². The molecule has 0 amide bonds. The maximum absolute atomic E-state index is 7.46. The molecule has 0 radical (unpaired) electrons. The van der Waals surface area contributed by atoms with Crippen molar-refractivity contribution >= 4 is 5.69 Å². The van der Waals surface area contributed by atoms with Gasteiger partial charge in [0.15, 0.2) is 40.6 Å². The van der Waals surface area contributed by atoms with Gasteiger partial charge in [-0.25, -0.2) is 34.7 Å². The average Bonchev–Trinajstić information content (AvgIpc) is 3.38. The van der Waals surface area contributed by atoms with Gasteiger partial charge in [0.05, 0.1) is 6.57 Å². The van der Waals surface area contributed by atoms with Crippen molar-refractivity contribution < 1.29 is 0 Å². The van der Waals surface area contributed by atoms with Gasteiger partial charge in [0.1, 0.15) is 0 Å². The van der Waals surface area contributed by atoms with Gasteiger partial charge in [0, 0.05) is 45.2 Å². The molecule has 2 atom stereocenters. The third-order valence-electron chi connectivity index (χ3n) is 12.4. The average molecular weight is 818 g/mol. The van der Waals surface area contributed by atoms with Gasteiger partial charge in [-0.2, -0.15) is 0 Å². The Hall–Kier alpha value is -8.73. The predicted octanol–water partition coefficient (Wildman–Crippen LogP) is 13.3. The van der Waals surface area contributed by atoms with Gasteiger partial charge in [0.2, 0.25) is 0 Å². The molecule has 2 bridgehead atoms. The third kappa shape index (κ3) is 6.36. The van der Waals surface area contributed by atoms with Crippen molar-refractivity contribution in [3.8, 4) is 79.5 Å². The zero-order valence-corrected chi connectivity index (χ0v) is 34.3. The van der Waals surface area contributed by atoms with Crippen molar-refractivity contribution in [3.05, 3.63) is 245 Å². The summed E-state index contributed by atoms with van der Waals surface area (Å²) in [4.78, 5) is 34.2. The van der Waals surface area contributed by atoms with Gasteiger partial charge < -0.3 is 0 Å². The van der Waals surface area contributed by atoms with E-state index in [1.165, 1.54) is 33.4 Å². The highest BCUT2D eigenvalue weighted by molar-refractivity contribution is 5.83. The monoisotopic (exact) mass is 817 g/mol. The SMILES string of the molecule is [C-]#[N+]c1ccc(-c2ccccc2-c2nc(-c3ccccc3)nc(-c3ccc4c(c3)C3c5ccccc5C4c4cc(-c5nc(-c6ccccc6)nc(-c6ccccc6)n5)ccc43)n2)cc1. The molecule has 298 valence electrons. The van der Waals surface area contributed by atoms with Crippen molar-refractivity contribution in [2.75, 3.05) is 0 Å². The van der Waals surface area contributed by atoms with Gasteiger partial charge in [0.25, 0.3) is 0 Å². The maximum Gasteiger partial charge on any atom is 0.187 e. The maximum atomic E-state index is 7.46. The second-order valence-corrected chi connectivity index (χ2v) is 16.1. The highest BCUT2D eigenvalue weighted by Gasteiger charge is 2.41. The number of benzene rings is 8. The molecule has 2 heterocycles. The van der Waals surface area contributed by atoms with Crippen LogP contribution in [0.4, 0.5) is 5.69 Å². The zero-order chi connectivity index (χ0) is 42.6. The zero-order valence-electron chi connectivity index (χ0n) is 34.3. The highest BCUT2D eigenvalue weighted by atomic mass is 15.0. The lowest BCUT2D eigenvalue weighted by Gasteiger charge is -2.42. The van der Waals surface area contributed by atoms with Gasteiger partial charge in [-0.15, -0.1) is 0 Å². The van der Waals surface area contributed by atoms with Crippen LogP contribution in [0.3, 0.4) is 0 Å². The summed E-state index contributed by atoms with van der Waals surface area (Å²) < 4.78 is 0. The van der Waals surface area contributed by atoms with E-state index in [0.29, 0.717) is 40.6 Å². The fourth-order valence-corrected chi connectivity index (χ4v) is 9.42. The Balaban J connectivity index is 0.986. The van der Waals surface area contributed by atoms with E-state index in [2.05, 4.69) is 77.6 Å². The molecule has 0 spiro atoms. The summed E-state index contributed by atoms with van der Waals surface area (Å²) >= 11 is 0. The van der Waals surface area contributed by atoms with Gasteiger partial charge >= 0.3 is 0 Å². The van der Waals surface area contributed by atoms with Crippen molar-refractivity contribution in [2.45, 2.75) is 11.8 Å². The second-order valence-electron chi connectivity index (χ2n) is 16.1. The molecule has 2 aromatic heterocycles. The van der Waals surface area contributed by atoms with E-state index in [9.17, 15) is 0 Å². The van der Waals surface area contributed by atoms with Gasteiger partial charge in [-0.3, -0.25) is 0 Å². The number of aromatic nitrogens is 6. The number of hydrogen-bond acceptors (Lipinski definition) is 6. The van der Waals surface area contributed by atoms with Crippen LogP contribution in [0.5, 0.6) is 0 Å². The molecular weight excluding hydrogens is 783 g/mol. The van der Waals surface area contributed by atoms with Crippen LogP contribution in [0.2, 0.25) is 0 Å². The van der Waals surface area contributed by atoms with Crippen molar-refractivity contribution in [3.63, 3.8) is 0 Å². The molecule has 0 saturated heterocycles. The summed E-state index contributed by atoms with van der Waals surface area (Å²) in [6.45, 7) is 7.46. The number of hydrogen-bond donors (Lipinski definition) is 0. The van der Waals surface area contributed by atoms with E-state index in [4.69, 9.17) is 36.5 Å². The molecular formula is C57H35N7. The summed E-state index contributed by atoms with van der Waals surface area (Å²) in [7, 11) is 0. The molecule has 0 fully saturated rings. The highest BCUT2D eigenvalue weighted by Crippen LogP contribution is 2.56. The first-order valence-corrected chi connectivity index (χ1v) is 21.3. The minimum absolute atomic E-state index is 0.00683. The lowest BCUT2D eigenvalue weighted by molar-refractivity contribution is 0.754. The molecule has 0 saturated carbocycles. The number of nitrogens with zero attached hydrogens (tertiary/aromatic N) is 7. The Bertz CT molecular complexity index is 3400. The quantitative estimate of drug-likeness (QED) is 0.149. The summed E-state index contributed by atoms with van der Waals surface area (Å²) in [5, 5.41) is 0. The van der Waals surface area contributed by atoms with Crippen LogP contribution in [0.15, 0.2) is 200 Å². The summed E-state index contributed by atoms with van der Waals surface area (Å²) in [5.74, 6) is 3.73. The summed E-state index contributed by atoms with van der Waals surface area (Å²) in [6, 6.07) is 68.5. The van der Waals surface area contributed by atoms with Gasteiger partial charge in [-0.05, 0) is 56.6 Å². The fraction of sp³-hybridized carbons (Fsp3) is 0.0351. The lowest BCUT2D eigenvalue weighted by Crippen LogP contribution is -2.27. The van der Waals surface area contributed by atoms with Crippen LogP contribution in [-0.2, 0) is 0 Å². The smallest absolute Gasteiger partial charge is 0.187 e. The molecule has 3 aliphatic rings. The Morgan fingerprint density at radius 1 is 0.281 bits per heavy atom. The van der Waals surface area contributed by atoms with E-state index in [1.54, 1.807) is 0 Å². The minimum Gasteiger partial charge on any atom is -0.238 e. The second kappa shape index (κ2) is 15.3. The lowest BCUT2D eigenvalue weighted by atomic mass is 9.61. The molecule has 7 heteroatoms. The molecule has 8 aromatic carbocycles. The van der Waals surface area contributed by atoms with E-state index in [0.717, 1.165) is 44.5 Å². The fourth-order valence-electron chi connectivity index (χ4n) is 9.42. The number of rotatable bonds is 7. The first-order chi connectivity index (χ1) is 31.7. The first-order valence-electron chi connectivity index (χ1n) is 21.3. The van der Waals surface area contributed by atoms with Crippen LogP contribution < -0.4 is 0 Å². The minimum atomic E-state index is 0.00683. The summed E-state index contributed by atoms with van der Waals surface area (Å²) in [6.07, 6.45) is 0. The van der Waals surface area contributed by atoms with E-state index >= 15 is 0 Å². The van der Waals surface area contributed by atoms with Crippen molar-refractivity contribution in [1.82, 2.24) is 29.9 Å². The van der Waals surface area contributed by atoms with Crippen LogP contribution in [0.1, 0.15) is 45.2 Å². The summed E-state index contributed by atoms with van der Waals surface area (Å²) in [5.41, 5.74) is 15.8. The van der Waals surface area contributed by atoms with Gasteiger partial charge in [-0.1, -0.05) is 188 Å². The largest absolute Gasteiger partial charge is 0.238 e. The van der Waals surface area contributed by atoms with Crippen LogP contribution >= 0.6 is 0 Å². The van der Waals surface area contributed by atoms with Crippen LogP contribution in [-0.4, -0.2) is 29.9 Å². The third-order valence-corrected chi connectivity index (χ3v) is 12.4. The Labute approximate surface area is 370 Å². The Morgan fingerprint density at radius 3 is 1.06 bits per heavy atom. The van der Waals surface area contributed by atoms with Crippen molar-refractivity contribution in [2.24, 2.45) is 0 Å². The molecule has 0 N–H and O–H groups in total. The molecule has 3 aliphatic carbocycles. The van der Waals surface area contributed by atoms with E-state index in [1.807, 2.05) is 127 Å². The Kier molecular flexibility index (Phi) is 8.87. The predicted molar refractivity (Wildman–Crippen MR) is 252 cm³/mol. The van der Waals surface area contributed by atoms with Crippen molar-refractivity contribution in [1.29, 1.82) is 0 Å². The first kappa shape index (κ1) is 37.1.